The number of amides is 1. The molecule has 0 saturated carbocycles. The molecule has 2 N–H and O–H groups in total. The predicted molar refractivity (Wildman–Crippen MR) is 45.4 cm³/mol. The first-order valence-electron chi connectivity index (χ1n) is 3.46. The Bertz CT molecular complexity index is 384. The number of anilines is 1. The fraction of sp³-hybridized carbons (Fsp3) is 0.143. The Labute approximate surface area is 76.9 Å². The minimum absolute atomic E-state index is 0.120. The molecule has 13 heavy (non-hydrogen) atoms. The Morgan fingerprint density at radius 3 is 3.15 bits per heavy atom. The Hall–Kier alpha value is -1.56. The zero-order valence-corrected chi connectivity index (χ0v) is 7.18. The van der Waals surface area contributed by atoms with Crippen molar-refractivity contribution < 1.29 is 19.4 Å². The van der Waals surface area contributed by atoms with Gasteiger partial charge in [-0.1, -0.05) is 0 Å². The van der Waals surface area contributed by atoms with Crippen LogP contribution in [0.25, 0.3) is 0 Å². The lowest BCUT2D eigenvalue weighted by molar-refractivity contribution is -0.118. The minimum Gasteiger partial charge on any atom is -0.480 e. The Kier molecular flexibility index (Phi) is 1.70. The third kappa shape index (κ3) is 1.25. The Morgan fingerprint density at radius 1 is 1.69 bits per heavy atom. The number of carbonyl (C=O) groups excluding carboxylic acids is 1. The van der Waals surface area contributed by atoms with Gasteiger partial charge < -0.3 is 15.2 Å². The van der Waals surface area contributed by atoms with E-state index in [1.807, 2.05) is 0 Å². The second-order valence-corrected chi connectivity index (χ2v) is 3.33. The van der Waals surface area contributed by atoms with Crippen LogP contribution in [0.4, 0.5) is 5.69 Å². The number of rotatable bonds is 1. The zero-order chi connectivity index (χ0) is 9.42. The molecule has 1 amide bonds. The molecule has 2 rings (SSSR count). The van der Waals surface area contributed by atoms with E-state index in [9.17, 15) is 9.59 Å². The molecule has 0 spiro atoms. The fourth-order valence-corrected chi connectivity index (χ4v) is 1.83. The highest BCUT2D eigenvalue weighted by Gasteiger charge is 2.24. The third-order valence-corrected chi connectivity index (χ3v) is 2.51. The first-order valence-corrected chi connectivity index (χ1v) is 4.34. The molecule has 2 heterocycles. The molecule has 1 aromatic rings. The van der Waals surface area contributed by atoms with Gasteiger partial charge in [-0.2, -0.15) is 0 Å². The third-order valence-electron chi connectivity index (χ3n) is 1.56. The molecule has 0 radical (unpaired) electrons. The maximum atomic E-state index is 10.8. The zero-order valence-electron chi connectivity index (χ0n) is 6.36. The smallest absolute Gasteiger partial charge is 0.349 e. The van der Waals surface area contributed by atoms with Crippen molar-refractivity contribution in [2.75, 3.05) is 11.9 Å². The molecule has 1 aliphatic rings. The van der Waals surface area contributed by atoms with Gasteiger partial charge in [0.2, 0.25) is 0 Å². The van der Waals surface area contributed by atoms with Crippen LogP contribution in [0.3, 0.4) is 0 Å². The molecule has 0 bridgehead atoms. The molecular weight excluding hydrogens is 194 g/mol. The summed E-state index contributed by atoms with van der Waals surface area (Å²) < 4.78 is 4.99. The monoisotopic (exact) mass is 199 g/mol. The van der Waals surface area contributed by atoms with Crippen molar-refractivity contribution in [3.63, 3.8) is 0 Å². The van der Waals surface area contributed by atoms with Gasteiger partial charge in [-0.15, -0.1) is 11.3 Å². The summed E-state index contributed by atoms with van der Waals surface area (Å²) in [6, 6.07) is 0. The van der Waals surface area contributed by atoms with Gasteiger partial charge in [-0.3, -0.25) is 4.79 Å². The number of thiophene rings is 1. The number of ether oxygens (including phenoxy) is 1. The van der Waals surface area contributed by atoms with Crippen LogP contribution in [0.1, 0.15) is 9.67 Å². The minimum atomic E-state index is -1.04. The van der Waals surface area contributed by atoms with Gasteiger partial charge in [0.05, 0.1) is 5.69 Å². The number of carbonyl (C=O) groups is 2. The van der Waals surface area contributed by atoms with Crippen LogP contribution in [0.2, 0.25) is 0 Å². The molecule has 0 fully saturated rings. The highest BCUT2D eigenvalue weighted by Crippen LogP contribution is 2.37. The van der Waals surface area contributed by atoms with Gasteiger partial charge in [0.15, 0.2) is 17.2 Å². The lowest BCUT2D eigenvalue weighted by atomic mass is 10.3. The largest absolute Gasteiger partial charge is 0.480 e. The molecule has 5 nitrogen and oxygen atoms in total. The highest BCUT2D eigenvalue weighted by molar-refractivity contribution is 7.13. The van der Waals surface area contributed by atoms with E-state index in [1.54, 1.807) is 5.38 Å². The average Bonchev–Trinajstić information content (AvgIpc) is 2.46. The van der Waals surface area contributed by atoms with Gasteiger partial charge in [-0.25, -0.2) is 4.79 Å². The number of aromatic carboxylic acids is 1. The van der Waals surface area contributed by atoms with Crippen LogP contribution in [0.15, 0.2) is 5.38 Å². The van der Waals surface area contributed by atoms with Crippen molar-refractivity contribution in [2.24, 2.45) is 0 Å². The van der Waals surface area contributed by atoms with E-state index >= 15 is 0 Å². The number of hydrogen-bond donors (Lipinski definition) is 2. The quantitative estimate of drug-likeness (QED) is 0.700. The first-order chi connectivity index (χ1) is 6.18. The Morgan fingerprint density at radius 2 is 2.46 bits per heavy atom. The van der Waals surface area contributed by atoms with Crippen molar-refractivity contribution >= 4 is 28.9 Å². The number of carboxylic acid groups (broad SMARTS) is 1. The van der Waals surface area contributed by atoms with Crippen molar-refractivity contribution in [1.82, 2.24) is 0 Å². The van der Waals surface area contributed by atoms with Gasteiger partial charge in [0.25, 0.3) is 5.91 Å². The summed E-state index contributed by atoms with van der Waals surface area (Å²) in [7, 11) is 0. The summed E-state index contributed by atoms with van der Waals surface area (Å²) in [6.45, 7) is -0.121. The van der Waals surface area contributed by atoms with Gasteiger partial charge in [-0.05, 0) is 0 Å². The second-order valence-electron chi connectivity index (χ2n) is 2.45. The summed E-state index contributed by atoms with van der Waals surface area (Å²) >= 11 is 1.04. The van der Waals surface area contributed by atoms with E-state index < -0.39 is 5.97 Å². The normalized spacial score (nSPS) is 14.3. The van der Waals surface area contributed by atoms with E-state index in [0.29, 0.717) is 5.69 Å². The fourth-order valence-electron chi connectivity index (χ4n) is 1.05. The summed E-state index contributed by atoms with van der Waals surface area (Å²) in [4.78, 5) is 21.6. The molecule has 6 heteroatoms. The van der Waals surface area contributed by atoms with Crippen molar-refractivity contribution in [3.05, 3.63) is 10.3 Å². The maximum Gasteiger partial charge on any atom is 0.349 e. The topological polar surface area (TPSA) is 75.6 Å². The molecule has 1 aliphatic heterocycles. The van der Waals surface area contributed by atoms with Crippen LogP contribution >= 0.6 is 11.3 Å². The summed E-state index contributed by atoms with van der Waals surface area (Å²) in [5.74, 6) is -1.04. The standard InChI is InChI=1S/C7H5NO4S/c9-4-1-12-5-3(8-4)2-13-6(5)7(10)11/h2H,1H2,(H,8,9)(H,10,11). The van der Waals surface area contributed by atoms with Crippen LogP contribution in [0, 0.1) is 0 Å². The number of nitrogens with one attached hydrogen (secondary N) is 1. The highest BCUT2D eigenvalue weighted by atomic mass is 32.1. The summed E-state index contributed by atoms with van der Waals surface area (Å²) in [5.41, 5.74) is 0.443. The van der Waals surface area contributed by atoms with E-state index in [1.165, 1.54) is 0 Å². The molecule has 0 atom stereocenters. The SMILES string of the molecule is O=C1COc2c(csc2C(=O)O)N1. The number of carboxylic acids is 1. The van der Waals surface area contributed by atoms with E-state index in [-0.39, 0.29) is 23.1 Å². The molecule has 0 unspecified atom stereocenters. The van der Waals surface area contributed by atoms with E-state index in [2.05, 4.69) is 5.32 Å². The van der Waals surface area contributed by atoms with Gasteiger partial charge in [0, 0.05) is 5.38 Å². The van der Waals surface area contributed by atoms with Gasteiger partial charge >= 0.3 is 5.97 Å². The first kappa shape index (κ1) is 8.06. The van der Waals surface area contributed by atoms with Crippen LogP contribution in [-0.4, -0.2) is 23.6 Å². The van der Waals surface area contributed by atoms with E-state index in [0.717, 1.165) is 11.3 Å². The van der Waals surface area contributed by atoms with Crippen molar-refractivity contribution in [3.8, 4) is 5.75 Å². The van der Waals surface area contributed by atoms with Crippen molar-refractivity contribution in [2.45, 2.75) is 0 Å². The van der Waals surface area contributed by atoms with Crippen LogP contribution < -0.4 is 10.1 Å². The molecule has 0 aromatic carbocycles. The van der Waals surface area contributed by atoms with Crippen molar-refractivity contribution in [1.29, 1.82) is 0 Å². The van der Waals surface area contributed by atoms with Gasteiger partial charge in [0.1, 0.15) is 0 Å². The number of hydrogen-bond acceptors (Lipinski definition) is 4. The second kappa shape index (κ2) is 2.74. The molecule has 0 saturated heterocycles. The lowest BCUT2D eigenvalue weighted by Gasteiger charge is -2.14. The Balaban J connectivity index is 2.44. The molecular formula is C7H5NO4S. The van der Waals surface area contributed by atoms with Crippen LogP contribution in [-0.2, 0) is 4.79 Å². The van der Waals surface area contributed by atoms with E-state index in [4.69, 9.17) is 9.84 Å². The van der Waals surface area contributed by atoms with Crippen LogP contribution in [0.5, 0.6) is 5.75 Å². The molecule has 1 aromatic heterocycles. The average molecular weight is 199 g/mol. The summed E-state index contributed by atoms with van der Waals surface area (Å²) in [6.07, 6.45) is 0. The number of fused-ring (bicyclic) bond motifs is 1. The maximum absolute atomic E-state index is 10.8. The predicted octanol–water partition coefficient (Wildman–Crippen LogP) is 0.777. The molecule has 68 valence electrons. The lowest BCUT2D eigenvalue weighted by Crippen LogP contribution is -2.25. The molecule has 0 aliphatic carbocycles. The summed E-state index contributed by atoms with van der Waals surface area (Å²) in [5, 5.41) is 12.8.